The van der Waals surface area contributed by atoms with Gasteiger partial charge in [0, 0.05) is 0 Å². The van der Waals surface area contributed by atoms with Gasteiger partial charge in [0.1, 0.15) is 0 Å². The summed E-state index contributed by atoms with van der Waals surface area (Å²) in [7, 11) is 0. The summed E-state index contributed by atoms with van der Waals surface area (Å²) in [6.07, 6.45) is 4.70. The molecule has 0 aromatic carbocycles. The molecule has 0 aromatic rings. The van der Waals surface area contributed by atoms with Crippen LogP contribution in [0.4, 0.5) is 13.2 Å². The first-order valence-electron chi connectivity index (χ1n) is 7.35. The van der Waals surface area contributed by atoms with E-state index in [0.29, 0.717) is 30.6 Å². The minimum Gasteiger partial charge on any atom is -0.289 e. The lowest BCUT2D eigenvalue weighted by Gasteiger charge is -2.37. The van der Waals surface area contributed by atoms with Crippen LogP contribution in [0, 0.1) is 17.8 Å². The van der Waals surface area contributed by atoms with Crippen LogP contribution in [-0.2, 0) is 4.74 Å². The molecule has 2 aliphatic carbocycles. The van der Waals surface area contributed by atoms with E-state index in [1.165, 1.54) is 25.7 Å². The molecule has 2 fully saturated rings. The molecule has 0 amide bonds. The van der Waals surface area contributed by atoms with Crippen molar-refractivity contribution in [1.29, 1.82) is 0 Å². The molecule has 0 aromatic heterocycles. The first-order valence-corrected chi connectivity index (χ1v) is 7.35. The zero-order valence-corrected chi connectivity index (χ0v) is 11.3. The van der Waals surface area contributed by atoms with Crippen molar-refractivity contribution >= 4 is 0 Å². The number of alkyl halides is 3. The standard InChI is InChI=1S/C15H23F3O/c1-2-11-3-5-12(6-4-11)13-7-9-14(10-8-13)19-15(16,17)18/h2,11-14H,1,3-10H2. The van der Waals surface area contributed by atoms with Crippen LogP contribution in [0.25, 0.3) is 0 Å². The smallest absolute Gasteiger partial charge is 0.289 e. The summed E-state index contributed by atoms with van der Waals surface area (Å²) < 4.78 is 40.6. The Hall–Kier alpha value is -0.510. The van der Waals surface area contributed by atoms with E-state index in [2.05, 4.69) is 11.3 Å². The van der Waals surface area contributed by atoms with Crippen molar-refractivity contribution in [1.82, 2.24) is 0 Å². The van der Waals surface area contributed by atoms with Crippen LogP contribution in [0.5, 0.6) is 0 Å². The topological polar surface area (TPSA) is 9.23 Å². The Balaban J connectivity index is 1.73. The van der Waals surface area contributed by atoms with Crippen LogP contribution >= 0.6 is 0 Å². The molecule has 4 heteroatoms. The molecule has 2 aliphatic rings. The molecule has 0 spiro atoms. The minimum atomic E-state index is -4.47. The average Bonchev–Trinajstić information content (AvgIpc) is 2.38. The minimum absolute atomic E-state index is 0.561. The lowest BCUT2D eigenvalue weighted by atomic mass is 9.70. The van der Waals surface area contributed by atoms with E-state index in [1.807, 2.05) is 6.08 Å². The Kier molecular flexibility index (Phi) is 4.93. The Bertz CT molecular complexity index is 284. The SMILES string of the molecule is C=CC1CCC(C2CCC(OC(F)(F)F)CC2)CC1. The molecule has 2 rings (SSSR count). The maximum absolute atomic E-state index is 12.1. The van der Waals surface area contributed by atoms with Gasteiger partial charge >= 0.3 is 6.36 Å². The van der Waals surface area contributed by atoms with Gasteiger partial charge in [0.05, 0.1) is 6.10 Å². The summed E-state index contributed by atoms with van der Waals surface area (Å²) >= 11 is 0. The molecule has 110 valence electrons. The van der Waals surface area contributed by atoms with Gasteiger partial charge in [0.15, 0.2) is 0 Å². The van der Waals surface area contributed by atoms with Gasteiger partial charge in [-0.15, -0.1) is 19.8 Å². The third kappa shape index (κ3) is 4.51. The zero-order valence-electron chi connectivity index (χ0n) is 11.3. The summed E-state index contributed by atoms with van der Waals surface area (Å²) in [4.78, 5) is 0. The fourth-order valence-electron chi connectivity index (χ4n) is 3.72. The third-order valence-electron chi connectivity index (χ3n) is 4.84. The Labute approximate surface area is 113 Å². The maximum atomic E-state index is 12.1. The van der Waals surface area contributed by atoms with Crippen molar-refractivity contribution < 1.29 is 17.9 Å². The van der Waals surface area contributed by atoms with Crippen LogP contribution in [0.15, 0.2) is 12.7 Å². The quantitative estimate of drug-likeness (QED) is 0.654. The number of hydrogen-bond acceptors (Lipinski definition) is 1. The highest BCUT2D eigenvalue weighted by molar-refractivity contribution is 4.87. The van der Waals surface area contributed by atoms with Crippen molar-refractivity contribution in [3.63, 3.8) is 0 Å². The number of allylic oxidation sites excluding steroid dienone is 1. The molecular weight excluding hydrogens is 253 g/mol. The van der Waals surface area contributed by atoms with Crippen LogP contribution in [-0.4, -0.2) is 12.5 Å². The summed E-state index contributed by atoms with van der Waals surface area (Å²) in [5, 5.41) is 0. The Morgan fingerprint density at radius 2 is 1.32 bits per heavy atom. The summed E-state index contributed by atoms with van der Waals surface area (Å²) in [6.45, 7) is 3.84. The lowest BCUT2D eigenvalue weighted by molar-refractivity contribution is -0.346. The Morgan fingerprint density at radius 3 is 1.74 bits per heavy atom. The molecule has 0 bridgehead atoms. The van der Waals surface area contributed by atoms with Gasteiger partial charge in [0.25, 0.3) is 0 Å². The van der Waals surface area contributed by atoms with E-state index in [-0.39, 0.29) is 0 Å². The number of ether oxygens (including phenoxy) is 1. The summed E-state index contributed by atoms with van der Waals surface area (Å²) in [6, 6.07) is 0. The van der Waals surface area contributed by atoms with Crippen LogP contribution in [0.1, 0.15) is 51.4 Å². The molecule has 1 nitrogen and oxygen atoms in total. The predicted octanol–water partition coefficient (Wildman–Crippen LogP) is 5.07. The fraction of sp³-hybridized carbons (Fsp3) is 0.867. The highest BCUT2D eigenvalue weighted by Gasteiger charge is 2.37. The van der Waals surface area contributed by atoms with Crippen molar-refractivity contribution in [2.45, 2.75) is 63.8 Å². The summed E-state index contributed by atoms with van der Waals surface area (Å²) in [5.74, 6) is 1.98. The zero-order chi connectivity index (χ0) is 13.9. The molecule has 0 heterocycles. The first-order chi connectivity index (χ1) is 8.98. The van der Waals surface area contributed by atoms with Crippen LogP contribution in [0.2, 0.25) is 0 Å². The van der Waals surface area contributed by atoms with E-state index >= 15 is 0 Å². The average molecular weight is 276 g/mol. The second-order valence-corrected chi connectivity index (χ2v) is 6.01. The molecule has 19 heavy (non-hydrogen) atoms. The molecular formula is C15H23F3O. The van der Waals surface area contributed by atoms with E-state index in [4.69, 9.17) is 0 Å². The molecule has 0 radical (unpaired) electrons. The number of hydrogen-bond donors (Lipinski definition) is 0. The number of rotatable bonds is 3. The van der Waals surface area contributed by atoms with Gasteiger partial charge in [-0.3, -0.25) is 4.74 Å². The van der Waals surface area contributed by atoms with E-state index in [9.17, 15) is 13.2 Å². The van der Waals surface area contributed by atoms with Gasteiger partial charge in [-0.25, -0.2) is 0 Å². The highest BCUT2D eigenvalue weighted by atomic mass is 19.4. The van der Waals surface area contributed by atoms with Crippen LogP contribution < -0.4 is 0 Å². The van der Waals surface area contributed by atoms with Gasteiger partial charge in [-0.2, -0.15) is 0 Å². The van der Waals surface area contributed by atoms with Crippen molar-refractivity contribution in [2.24, 2.45) is 17.8 Å². The lowest BCUT2D eigenvalue weighted by Crippen LogP contribution is -2.31. The first kappa shape index (κ1) is 14.9. The molecule has 0 aliphatic heterocycles. The van der Waals surface area contributed by atoms with E-state index in [1.54, 1.807) is 0 Å². The number of halogens is 3. The van der Waals surface area contributed by atoms with Crippen molar-refractivity contribution in [2.75, 3.05) is 0 Å². The normalized spacial score (nSPS) is 37.0. The molecule has 0 unspecified atom stereocenters. The second-order valence-electron chi connectivity index (χ2n) is 6.01. The van der Waals surface area contributed by atoms with E-state index < -0.39 is 12.5 Å². The van der Waals surface area contributed by atoms with Gasteiger partial charge in [0.2, 0.25) is 0 Å². The van der Waals surface area contributed by atoms with Gasteiger partial charge < -0.3 is 0 Å². The van der Waals surface area contributed by atoms with Crippen molar-refractivity contribution in [3.05, 3.63) is 12.7 Å². The molecule has 0 atom stereocenters. The summed E-state index contributed by atoms with van der Waals surface area (Å²) in [5.41, 5.74) is 0. The van der Waals surface area contributed by atoms with Crippen molar-refractivity contribution in [3.8, 4) is 0 Å². The van der Waals surface area contributed by atoms with Gasteiger partial charge in [-0.1, -0.05) is 6.08 Å². The third-order valence-corrected chi connectivity index (χ3v) is 4.84. The fourth-order valence-corrected chi connectivity index (χ4v) is 3.72. The monoisotopic (exact) mass is 276 g/mol. The predicted molar refractivity (Wildman–Crippen MR) is 68.5 cm³/mol. The second kappa shape index (κ2) is 6.29. The molecule has 2 saturated carbocycles. The molecule has 0 N–H and O–H groups in total. The Morgan fingerprint density at radius 1 is 0.842 bits per heavy atom. The van der Waals surface area contributed by atoms with Crippen LogP contribution in [0.3, 0.4) is 0 Å². The maximum Gasteiger partial charge on any atom is 0.522 e. The largest absolute Gasteiger partial charge is 0.522 e. The molecule has 0 saturated heterocycles. The van der Waals surface area contributed by atoms with Gasteiger partial charge in [-0.05, 0) is 69.1 Å². The highest BCUT2D eigenvalue weighted by Crippen LogP contribution is 2.41. The van der Waals surface area contributed by atoms with E-state index in [0.717, 1.165) is 12.8 Å².